The number of carbonyl (C=O) groups is 2. The molecule has 1 saturated heterocycles. The molecule has 0 saturated carbocycles. The lowest BCUT2D eigenvalue weighted by molar-refractivity contribution is -0.118. The van der Waals surface area contributed by atoms with Gasteiger partial charge < -0.3 is 5.32 Å². The number of hydrogen-bond donors (Lipinski definition) is 2. The lowest BCUT2D eigenvalue weighted by Crippen LogP contribution is -2.29. The zero-order chi connectivity index (χ0) is 14.0. The van der Waals surface area contributed by atoms with Gasteiger partial charge in [-0.1, -0.05) is 12.1 Å². The van der Waals surface area contributed by atoms with Crippen LogP contribution in [-0.2, 0) is 26.3 Å². The van der Waals surface area contributed by atoms with Crippen LogP contribution in [0.3, 0.4) is 0 Å². The number of nitrogens with zero attached hydrogens (tertiary/aromatic N) is 1. The molecule has 2 N–H and O–H groups in total. The van der Waals surface area contributed by atoms with Crippen LogP contribution in [0.1, 0.15) is 12.5 Å². The molecule has 0 bridgehead atoms. The van der Waals surface area contributed by atoms with E-state index in [1.54, 1.807) is 24.3 Å². The maximum absolute atomic E-state index is 11.6. The van der Waals surface area contributed by atoms with Crippen molar-refractivity contribution in [3.05, 3.63) is 29.8 Å². The third-order valence-corrected chi connectivity index (χ3v) is 3.93. The smallest absolute Gasteiger partial charge is 0.304 e. The fourth-order valence-corrected chi connectivity index (χ4v) is 2.87. The normalized spacial score (nSPS) is 18.1. The number of amides is 2. The second-order valence-corrected chi connectivity index (χ2v) is 5.85. The SMILES string of the molecule is CC(=O)Nc1cccc(CN2CC(=O)NS2(=O)=O)c1. The maximum Gasteiger partial charge on any atom is 0.304 e. The number of anilines is 1. The summed E-state index contributed by atoms with van der Waals surface area (Å²) in [6.45, 7) is 1.28. The first kappa shape index (κ1) is 13.5. The van der Waals surface area contributed by atoms with Gasteiger partial charge in [-0.2, -0.15) is 12.7 Å². The monoisotopic (exact) mass is 283 g/mol. The van der Waals surface area contributed by atoms with Gasteiger partial charge in [0.25, 0.3) is 0 Å². The molecule has 0 atom stereocenters. The van der Waals surface area contributed by atoms with Gasteiger partial charge in [-0.3, -0.25) is 9.59 Å². The zero-order valence-electron chi connectivity index (χ0n) is 10.2. The van der Waals surface area contributed by atoms with Gasteiger partial charge in [0.1, 0.15) is 0 Å². The van der Waals surface area contributed by atoms with Gasteiger partial charge in [0, 0.05) is 19.2 Å². The molecule has 0 spiro atoms. The summed E-state index contributed by atoms with van der Waals surface area (Å²) in [6, 6.07) is 6.80. The summed E-state index contributed by atoms with van der Waals surface area (Å²) in [7, 11) is -3.72. The van der Waals surface area contributed by atoms with Gasteiger partial charge in [0.2, 0.25) is 11.8 Å². The van der Waals surface area contributed by atoms with Crippen LogP contribution in [-0.4, -0.2) is 31.1 Å². The van der Waals surface area contributed by atoms with Crippen LogP contribution in [0.4, 0.5) is 5.69 Å². The van der Waals surface area contributed by atoms with E-state index in [1.807, 2.05) is 4.72 Å². The second kappa shape index (κ2) is 4.98. The minimum Gasteiger partial charge on any atom is -0.326 e. The van der Waals surface area contributed by atoms with E-state index in [0.717, 1.165) is 4.31 Å². The minimum absolute atomic E-state index is 0.0779. The average molecular weight is 283 g/mol. The van der Waals surface area contributed by atoms with Crippen LogP contribution >= 0.6 is 0 Å². The molecule has 1 aliphatic rings. The summed E-state index contributed by atoms with van der Waals surface area (Å²) in [6.07, 6.45) is 0. The Morgan fingerprint density at radius 2 is 2.21 bits per heavy atom. The first-order valence-electron chi connectivity index (χ1n) is 5.54. The highest BCUT2D eigenvalue weighted by Gasteiger charge is 2.33. The fourth-order valence-electron chi connectivity index (χ4n) is 1.78. The van der Waals surface area contributed by atoms with Crippen LogP contribution in [0, 0.1) is 0 Å². The standard InChI is InChI=1S/C11H13N3O4S/c1-8(15)12-10-4-2-3-9(5-10)6-14-7-11(16)13-19(14,17)18/h2-5H,6-7H2,1H3,(H,12,15)(H,13,16). The molecule has 102 valence electrons. The topological polar surface area (TPSA) is 95.6 Å². The molecule has 2 rings (SSSR count). The molecule has 1 aliphatic heterocycles. The van der Waals surface area contributed by atoms with E-state index in [9.17, 15) is 18.0 Å². The summed E-state index contributed by atoms with van der Waals surface area (Å²) < 4.78 is 26.1. The molecule has 0 aliphatic carbocycles. The highest BCUT2D eigenvalue weighted by atomic mass is 32.2. The van der Waals surface area contributed by atoms with Crippen molar-refractivity contribution in [3.63, 3.8) is 0 Å². The predicted octanol–water partition coefficient (Wildman–Crippen LogP) is -0.178. The highest BCUT2D eigenvalue weighted by molar-refractivity contribution is 7.88. The third-order valence-electron chi connectivity index (χ3n) is 2.51. The second-order valence-electron chi connectivity index (χ2n) is 4.18. The lowest BCUT2D eigenvalue weighted by Gasteiger charge is -2.13. The Morgan fingerprint density at radius 3 is 2.79 bits per heavy atom. The Balaban J connectivity index is 2.15. The van der Waals surface area contributed by atoms with Crippen molar-refractivity contribution in [2.75, 3.05) is 11.9 Å². The van der Waals surface area contributed by atoms with Gasteiger partial charge in [-0.05, 0) is 17.7 Å². The van der Waals surface area contributed by atoms with Gasteiger partial charge in [0.05, 0.1) is 6.54 Å². The summed E-state index contributed by atoms with van der Waals surface area (Å²) >= 11 is 0. The molecule has 2 amide bonds. The minimum atomic E-state index is -3.72. The van der Waals surface area contributed by atoms with E-state index in [4.69, 9.17) is 0 Å². The first-order valence-corrected chi connectivity index (χ1v) is 6.98. The van der Waals surface area contributed by atoms with Gasteiger partial charge in [0.15, 0.2) is 0 Å². The van der Waals surface area contributed by atoms with Gasteiger partial charge >= 0.3 is 10.2 Å². The summed E-state index contributed by atoms with van der Waals surface area (Å²) in [5, 5.41) is 2.61. The number of nitrogens with one attached hydrogen (secondary N) is 2. The molecule has 1 aromatic carbocycles. The van der Waals surface area contributed by atoms with Crippen LogP contribution < -0.4 is 10.0 Å². The molecule has 1 aromatic rings. The van der Waals surface area contributed by atoms with Crippen LogP contribution in [0.25, 0.3) is 0 Å². The number of hydrogen-bond acceptors (Lipinski definition) is 4. The van der Waals surface area contributed by atoms with Gasteiger partial charge in [-0.25, -0.2) is 4.72 Å². The molecule has 1 heterocycles. The van der Waals surface area contributed by atoms with Crippen LogP contribution in [0.2, 0.25) is 0 Å². The lowest BCUT2D eigenvalue weighted by atomic mass is 10.2. The van der Waals surface area contributed by atoms with E-state index in [-0.39, 0.29) is 19.0 Å². The first-order chi connectivity index (χ1) is 8.87. The molecule has 1 fully saturated rings. The Morgan fingerprint density at radius 1 is 1.47 bits per heavy atom. The van der Waals surface area contributed by atoms with Gasteiger partial charge in [-0.15, -0.1) is 0 Å². The Kier molecular flexibility index (Phi) is 3.54. The highest BCUT2D eigenvalue weighted by Crippen LogP contribution is 2.16. The Labute approximate surface area is 110 Å². The van der Waals surface area contributed by atoms with Crippen LogP contribution in [0.15, 0.2) is 24.3 Å². The third kappa shape index (κ3) is 3.30. The van der Waals surface area contributed by atoms with E-state index >= 15 is 0 Å². The van der Waals surface area contributed by atoms with Crippen molar-refractivity contribution in [2.45, 2.75) is 13.5 Å². The summed E-state index contributed by atoms with van der Waals surface area (Å²) in [5.41, 5.74) is 1.27. The van der Waals surface area contributed by atoms with Crippen molar-refractivity contribution in [1.82, 2.24) is 9.03 Å². The molecule has 0 aromatic heterocycles. The molecule has 0 unspecified atom stereocenters. The van der Waals surface area contributed by atoms with Crippen LogP contribution in [0.5, 0.6) is 0 Å². The summed E-state index contributed by atoms with van der Waals surface area (Å²) in [5.74, 6) is -0.749. The van der Waals surface area contributed by atoms with E-state index in [0.29, 0.717) is 11.3 Å². The average Bonchev–Trinajstić information content (AvgIpc) is 2.51. The quantitative estimate of drug-likeness (QED) is 0.804. The Bertz CT molecular complexity index is 627. The molecule has 19 heavy (non-hydrogen) atoms. The van der Waals surface area contributed by atoms with Crippen molar-refractivity contribution in [3.8, 4) is 0 Å². The molecular weight excluding hydrogens is 270 g/mol. The molecular formula is C11H13N3O4S. The van der Waals surface area contributed by atoms with Crippen molar-refractivity contribution >= 4 is 27.7 Å². The number of benzene rings is 1. The Hall–Kier alpha value is -1.93. The van der Waals surface area contributed by atoms with E-state index < -0.39 is 16.1 Å². The number of carbonyl (C=O) groups excluding carboxylic acids is 2. The van der Waals surface area contributed by atoms with E-state index in [2.05, 4.69) is 5.32 Å². The summed E-state index contributed by atoms with van der Waals surface area (Å²) in [4.78, 5) is 22.0. The predicted molar refractivity (Wildman–Crippen MR) is 68.2 cm³/mol. The maximum atomic E-state index is 11.6. The van der Waals surface area contributed by atoms with Crippen molar-refractivity contribution in [2.24, 2.45) is 0 Å². The zero-order valence-corrected chi connectivity index (χ0v) is 11.0. The molecule has 7 nitrogen and oxygen atoms in total. The molecule has 8 heteroatoms. The van der Waals surface area contributed by atoms with E-state index in [1.165, 1.54) is 6.92 Å². The fraction of sp³-hybridized carbons (Fsp3) is 0.273. The molecule has 0 radical (unpaired) electrons. The van der Waals surface area contributed by atoms with Crippen molar-refractivity contribution < 1.29 is 18.0 Å². The number of rotatable bonds is 3. The largest absolute Gasteiger partial charge is 0.326 e. The van der Waals surface area contributed by atoms with Crippen molar-refractivity contribution in [1.29, 1.82) is 0 Å².